The fourth-order valence-electron chi connectivity index (χ4n) is 5.35. The summed E-state index contributed by atoms with van der Waals surface area (Å²) in [5, 5.41) is 10.0. The first-order chi connectivity index (χ1) is 18.1. The predicted molar refractivity (Wildman–Crippen MR) is 149 cm³/mol. The van der Waals surface area contributed by atoms with E-state index in [1.807, 2.05) is 38.1 Å². The van der Waals surface area contributed by atoms with Gasteiger partial charge in [-0.25, -0.2) is 0 Å². The van der Waals surface area contributed by atoms with Crippen LogP contribution in [0.15, 0.2) is 91.3 Å². The number of benzene rings is 3. The van der Waals surface area contributed by atoms with Gasteiger partial charge in [-0.05, 0) is 61.2 Å². The van der Waals surface area contributed by atoms with Crippen molar-refractivity contribution in [1.29, 1.82) is 0 Å². The Kier molecular flexibility index (Phi) is 5.85. The molecule has 6 aromatic rings. The minimum atomic E-state index is -0.0885. The molecule has 0 aliphatic rings. The number of nitrogens with zero attached hydrogens (tertiary/aromatic N) is 2. The van der Waals surface area contributed by atoms with Gasteiger partial charge in [0.25, 0.3) is 0 Å². The van der Waals surface area contributed by atoms with Gasteiger partial charge >= 0.3 is 0 Å². The number of aromatic amines is 2. The number of carbonyl (C=O) groups is 1. The number of anilines is 1. The zero-order valence-corrected chi connectivity index (χ0v) is 21.0. The van der Waals surface area contributed by atoms with E-state index in [1.165, 1.54) is 21.9 Å². The summed E-state index contributed by atoms with van der Waals surface area (Å²) >= 11 is 0. The number of hydrogen-bond donors (Lipinski definition) is 3. The van der Waals surface area contributed by atoms with Crippen molar-refractivity contribution in [3.05, 3.63) is 119 Å². The summed E-state index contributed by atoms with van der Waals surface area (Å²) in [6.07, 6.45) is 4.99. The lowest BCUT2D eigenvalue weighted by molar-refractivity contribution is -0.116. The molecular weight excluding hydrogens is 458 g/mol. The lowest BCUT2D eigenvalue weighted by atomic mass is 9.85. The highest BCUT2D eigenvalue weighted by atomic mass is 16.2. The number of nitrogens with one attached hydrogen (secondary N) is 3. The topological polar surface area (TPSA) is 78.5 Å². The van der Waals surface area contributed by atoms with Crippen LogP contribution in [0.4, 0.5) is 5.69 Å². The Morgan fingerprint density at radius 3 is 2.08 bits per heavy atom. The van der Waals surface area contributed by atoms with E-state index in [1.54, 1.807) is 4.68 Å². The van der Waals surface area contributed by atoms with Crippen molar-refractivity contribution in [1.82, 2.24) is 19.7 Å². The van der Waals surface area contributed by atoms with Crippen LogP contribution >= 0.6 is 0 Å². The number of H-pyrrole nitrogens is 2. The summed E-state index contributed by atoms with van der Waals surface area (Å²) in [5.74, 6) is -0.00394. The van der Waals surface area contributed by atoms with E-state index in [-0.39, 0.29) is 18.4 Å². The smallest absolute Gasteiger partial charge is 0.246 e. The molecule has 6 nitrogen and oxygen atoms in total. The maximum Gasteiger partial charge on any atom is 0.246 e. The molecular formula is C31H29N5O. The molecule has 0 aliphatic carbocycles. The van der Waals surface area contributed by atoms with Gasteiger partial charge in [0.2, 0.25) is 5.91 Å². The van der Waals surface area contributed by atoms with Crippen molar-refractivity contribution >= 4 is 33.4 Å². The molecule has 184 valence electrons. The van der Waals surface area contributed by atoms with E-state index >= 15 is 0 Å². The largest absolute Gasteiger partial charge is 0.361 e. The van der Waals surface area contributed by atoms with Gasteiger partial charge in [0.05, 0.1) is 5.69 Å². The molecule has 0 saturated carbocycles. The molecule has 0 aliphatic heterocycles. The standard InChI is InChI=1S/C31H29N5O/c1-20-15-21(2)36(35-20)19-31(37)34-28-12-6-3-9-22(28)16-25(26-17-32-29-13-7-4-10-23(26)29)27-18-33-30-14-8-5-11-24(27)30/h3-15,17-18,25,32-33H,16,19H2,1-2H3,(H,34,37). The number of hydrogen-bond acceptors (Lipinski definition) is 2. The summed E-state index contributed by atoms with van der Waals surface area (Å²) in [6, 6.07) is 26.9. The highest BCUT2D eigenvalue weighted by Crippen LogP contribution is 2.38. The van der Waals surface area contributed by atoms with Crippen LogP contribution in [0.1, 0.15) is 34.0 Å². The summed E-state index contributed by atoms with van der Waals surface area (Å²) in [7, 11) is 0. The SMILES string of the molecule is Cc1cc(C)n(CC(=O)Nc2ccccc2CC(c2c[nH]c3ccccc23)c2c[nH]c3ccccc23)n1. The number of rotatable bonds is 7. The third kappa shape index (κ3) is 4.42. The molecule has 3 N–H and O–H groups in total. The van der Waals surface area contributed by atoms with Gasteiger partial charge in [0.1, 0.15) is 6.54 Å². The Morgan fingerprint density at radius 1 is 0.865 bits per heavy atom. The van der Waals surface area contributed by atoms with Gasteiger partial charge < -0.3 is 15.3 Å². The van der Waals surface area contributed by atoms with Crippen molar-refractivity contribution in [2.24, 2.45) is 0 Å². The van der Waals surface area contributed by atoms with E-state index in [0.29, 0.717) is 0 Å². The average molecular weight is 488 g/mol. The fraction of sp³-hybridized carbons (Fsp3) is 0.161. The van der Waals surface area contributed by atoms with Crippen LogP contribution < -0.4 is 5.32 Å². The monoisotopic (exact) mass is 487 g/mol. The van der Waals surface area contributed by atoms with E-state index in [0.717, 1.165) is 40.1 Å². The van der Waals surface area contributed by atoms with Gasteiger partial charge in [-0.15, -0.1) is 0 Å². The molecule has 0 saturated heterocycles. The molecule has 1 amide bonds. The average Bonchev–Trinajstić information content (AvgIpc) is 3.60. The predicted octanol–water partition coefficient (Wildman–Crippen LogP) is 6.48. The zero-order valence-electron chi connectivity index (χ0n) is 21.0. The van der Waals surface area contributed by atoms with Gasteiger partial charge in [-0.3, -0.25) is 9.48 Å². The minimum Gasteiger partial charge on any atom is -0.361 e. The molecule has 6 heteroatoms. The first-order valence-corrected chi connectivity index (χ1v) is 12.6. The van der Waals surface area contributed by atoms with Crippen LogP contribution in [0.2, 0.25) is 0 Å². The molecule has 0 bridgehead atoms. The van der Waals surface area contributed by atoms with E-state index in [9.17, 15) is 4.79 Å². The normalized spacial score (nSPS) is 11.5. The highest BCUT2D eigenvalue weighted by Gasteiger charge is 2.23. The number of aromatic nitrogens is 4. The third-order valence-corrected chi connectivity index (χ3v) is 7.11. The molecule has 0 spiro atoms. The van der Waals surface area contributed by atoms with Gasteiger partial charge in [-0.2, -0.15) is 5.10 Å². The number of carbonyl (C=O) groups excluding carboxylic acids is 1. The molecule has 0 fully saturated rings. The van der Waals surface area contributed by atoms with Gasteiger partial charge in [-0.1, -0.05) is 54.6 Å². The van der Waals surface area contributed by atoms with Crippen molar-refractivity contribution in [2.75, 3.05) is 5.32 Å². The Morgan fingerprint density at radius 2 is 1.46 bits per heavy atom. The van der Waals surface area contributed by atoms with E-state index in [2.05, 4.69) is 87.4 Å². The summed E-state index contributed by atoms with van der Waals surface area (Å²) < 4.78 is 1.74. The molecule has 0 radical (unpaired) electrons. The lowest BCUT2D eigenvalue weighted by Crippen LogP contribution is -2.21. The number of para-hydroxylation sites is 3. The van der Waals surface area contributed by atoms with Crippen LogP contribution in [0.3, 0.4) is 0 Å². The quantitative estimate of drug-likeness (QED) is 0.241. The Hall–Kier alpha value is -4.58. The maximum absolute atomic E-state index is 13.0. The molecule has 3 aromatic carbocycles. The van der Waals surface area contributed by atoms with Gasteiger partial charge in [0, 0.05) is 51.5 Å². The summed E-state index contributed by atoms with van der Waals surface area (Å²) in [4.78, 5) is 19.9. The molecule has 0 unspecified atom stereocenters. The van der Waals surface area contributed by atoms with E-state index < -0.39 is 0 Å². The van der Waals surface area contributed by atoms with Crippen LogP contribution in [-0.4, -0.2) is 25.7 Å². The van der Waals surface area contributed by atoms with Crippen LogP contribution in [0.25, 0.3) is 21.8 Å². The lowest BCUT2D eigenvalue weighted by Gasteiger charge is -2.19. The summed E-state index contributed by atoms with van der Waals surface area (Å²) in [6.45, 7) is 4.09. The Labute approximate surface area is 215 Å². The zero-order chi connectivity index (χ0) is 25.4. The van der Waals surface area contributed by atoms with Crippen molar-refractivity contribution < 1.29 is 4.79 Å². The van der Waals surface area contributed by atoms with Crippen molar-refractivity contribution in [2.45, 2.75) is 32.7 Å². The molecule has 3 heterocycles. The Bertz CT molecular complexity index is 1650. The number of fused-ring (bicyclic) bond motifs is 2. The molecule has 37 heavy (non-hydrogen) atoms. The van der Waals surface area contributed by atoms with Crippen LogP contribution in [-0.2, 0) is 17.8 Å². The Balaban J connectivity index is 1.37. The molecule has 3 aromatic heterocycles. The molecule has 6 rings (SSSR count). The van der Waals surface area contributed by atoms with Crippen molar-refractivity contribution in [3.63, 3.8) is 0 Å². The number of amides is 1. The second kappa shape index (κ2) is 9.47. The van der Waals surface area contributed by atoms with Crippen LogP contribution in [0.5, 0.6) is 0 Å². The van der Waals surface area contributed by atoms with E-state index in [4.69, 9.17) is 0 Å². The highest BCUT2D eigenvalue weighted by molar-refractivity contribution is 5.92. The van der Waals surface area contributed by atoms with Crippen LogP contribution in [0, 0.1) is 13.8 Å². The minimum absolute atomic E-state index is 0.0846. The fourth-order valence-corrected chi connectivity index (χ4v) is 5.35. The third-order valence-electron chi connectivity index (χ3n) is 7.11. The first-order valence-electron chi connectivity index (χ1n) is 12.6. The maximum atomic E-state index is 13.0. The van der Waals surface area contributed by atoms with Gasteiger partial charge in [0.15, 0.2) is 0 Å². The first kappa shape index (κ1) is 22.9. The second-order valence-corrected chi connectivity index (χ2v) is 9.63. The second-order valence-electron chi connectivity index (χ2n) is 9.63. The number of aryl methyl sites for hydroxylation is 2. The van der Waals surface area contributed by atoms with Crippen molar-refractivity contribution in [3.8, 4) is 0 Å². The summed E-state index contributed by atoms with van der Waals surface area (Å²) in [5.41, 5.74) is 8.52. The molecule has 0 atom stereocenters.